The van der Waals surface area contributed by atoms with Crippen molar-refractivity contribution in [2.24, 2.45) is 0 Å². The fourth-order valence-electron chi connectivity index (χ4n) is 1.93. The topological polar surface area (TPSA) is 41.6 Å². The standard InChI is InChI=1S/C8H14N2O2/c11-7-10-3-1-8(6-10)5-9-2-4-12-8/h7,9H,1-6H2/t8-/m0/s1. The molecule has 0 saturated carbocycles. The van der Waals surface area contributed by atoms with Gasteiger partial charge < -0.3 is 15.0 Å². The molecule has 2 fully saturated rings. The SMILES string of the molecule is O=CN1CC[C@]2(CNCCO2)C1. The van der Waals surface area contributed by atoms with Crippen LogP contribution in [0.15, 0.2) is 0 Å². The molecular formula is C8H14N2O2. The minimum Gasteiger partial charge on any atom is -0.370 e. The van der Waals surface area contributed by atoms with Gasteiger partial charge in [-0.1, -0.05) is 0 Å². The number of likely N-dealkylation sites (tertiary alicyclic amines) is 1. The van der Waals surface area contributed by atoms with Crippen molar-refractivity contribution in [2.45, 2.75) is 12.0 Å². The summed E-state index contributed by atoms with van der Waals surface area (Å²) in [6.07, 6.45) is 1.88. The first-order valence-corrected chi connectivity index (χ1v) is 4.39. The van der Waals surface area contributed by atoms with Crippen molar-refractivity contribution in [1.82, 2.24) is 10.2 Å². The van der Waals surface area contributed by atoms with E-state index in [2.05, 4.69) is 5.32 Å². The van der Waals surface area contributed by atoms with Crippen LogP contribution in [-0.4, -0.2) is 49.7 Å². The second kappa shape index (κ2) is 3.03. The van der Waals surface area contributed by atoms with Crippen molar-refractivity contribution in [1.29, 1.82) is 0 Å². The van der Waals surface area contributed by atoms with Crippen molar-refractivity contribution >= 4 is 6.41 Å². The summed E-state index contributed by atoms with van der Waals surface area (Å²) in [4.78, 5) is 12.3. The Balaban J connectivity index is 1.98. The quantitative estimate of drug-likeness (QED) is 0.524. The number of morpholine rings is 1. The zero-order valence-electron chi connectivity index (χ0n) is 7.08. The van der Waals surface area contributed by atoms with E-state index in [1.54, 1.807) is 4.90 Å². The fourth-order valence-corrected chi connectivity index (χ4v) is 1.93. The van der Waals surface area contributed by atoms with Crippen LogP contribution in [0.25, 0.3) is 0 Å². The number of hydrogen-bond donors (Lipinski definition) is 1. The molecule has 1 amide bonds. The molecule has 1 atom stereocenters. The summed E-state index contributed by atoms with van der Waals surface area (Å²) in [5, 5.41) is 3.29. The van der Waals surface area contributed by atoms with Crippen molar-refractivity contribution < 1.29 is 9.53 Å². The molecule has 4 heteroatoms. The van der Waals surface area contributed by atoms with E-state index in [1.807, 2.05) is 0 Å². The Bertz CT molecular complexity index is 178. The molecule has 2 aliphatic rings. The Morgan fingerprint density at radius 2 is 2.50 bits per heavy atom. The molecule has 2 saturated heterocycles. The Hall–Kier alpha value is -0.610. The Morgan fingerprint density at radius 1 is 1.58 bits per heavy atom. The number of hydrogen-bond acceptors (Lipinski definition) is 3. The van der Waals surface area contributed by atoms with E-state index in [0.717, 1.165) is 45.6 Å². The molecule has 2 heterocycles. The highest BCUT2D eigenvalue weighted by Crippen LogP contribution is 2.25. The maximum Gasteiger partial charge on any atom is 0.209 e. The molecule has 2 aliphatic heterocycles. The number of amides is 1. The van der Waals surface area contributed by atoms with Gasteiger partial charge in [0.1, 0.15) is 0 Å². The molecule has 0 radical (unpaired) electrons. The molecule has 2 rings (SSSR count). The molecule has 1 N–H and O–H groups in total. The number of ether oxygens (including phenoxy) is 1. The van der Waals surface area contributed by atoms with E-state index >= 15 is 0 Å². The van der Waals surface area contributed by atoms with Gasteiger partial charge in [0.15, 0.2) is 0 Å². The third-order valence-corrected chi connectivity index (χ3v) is 2.63. The summed E-state index contributed by atoms with van der Waals surface area (Å²) < 4.78 is 5.70. The third-order valence-electron chi connectivity index (χ3n) is 2.63. The van der Waals surface area contributed by atoms with Crippen LogP contribution in [0.5, 0.6) is 0 Å². The van der Waals surface area contributed by atoms with Crippen molar-refractivity contribution in [3.05, 3.63) is 0 Å². The summed E-state index contributed by atoms with van der Waals surface area (Å²) in [5.41, 5.74) is -0.0703. The molecule has 0 aliphatic carbocycles. The lowest BCUT2D eigenvalue weighted by molar-refractivity contribution is -0.119. The highest BCUT2D eigenvalue weighted by atomic mass is 16.5. The van der Waals surface area contributed by atoms with E-state index in [1.165, 1.54) is 0 Å². The highest BCUT2D eigenvalue weighted by Gasteiger charge is 2.39. The molecule has 0 aromatic rings. The average molecular weight is 170 g/mol. The Labute approximate surface area is 71.9 Å². The van der Waals surface area contributed by atoms with E-state index in [0.29, 0.717) is 0 Å². The smallest absolute Gasteiger partial charge is 0.209 e. The number of nitrogens with one attached hydrogen (secondary N) is 1. The molecule has 12 heavy (non-hydrogen) atoms. The van der Waals surface area contributed by atoms with Crippen LogP contribution in [0.4, 0.5) is 0 Å². The number of nitrogens with zero attached hydrogens (tertiary/aromatic N) is 1. The van der Waals surface area contributed by atoms with Crippen molar-refractivity contribution in [2.75, 3.05) is 32.8 Å². The molecule has 0 bridgehead atoms. The lowest BCUT2D eigenvalue weighted by Crippen LogP contribution is -2.51. The first kappa shape index (κ1) is 8.01. The van der Waals surface area contributed by atoms with Gasteiger partial charge in [-0.15, -0.1) is 0 Å². The van der Waals surface area contributed by atoms with Crippen LogP contribution in [0.1, 0.15) is 6.42 Å². The molecule has 0 unspecified atom stereocenters. The summed E-state index contributed by atoms with van der Waals surface area (Å²) >= 11 is 0. The largest absolute Gasteiger partial charge is 0.370 e. The second-order valence-electron chi connectivity index (χ2n) is 3.53. The number of carbonyl (C=O) groups is 1. The molecular weight excluding hydrogens is 156 g/mol. The van der Waals surface area contributed by atoms with Gasteiger partial charge in [-0.05, 0) is 6.42 Å². The molecule has 68 valence electrons. The van der Waals surface area contributed by atoms with E-state index in [-0.39, 0.29) is 5.60 Å². The van der Waals surface area contributed by atoms with Gasteiger partial charge in [-0.25, -0.2) is 0 Å². The molecule has 4 nitrogen and oxygen atoms in total. The summed E-state index contributed by atoms with van der Waals surface area (Å²) in [5.74, 6) is 0. The van der Waals surface area contributed by atoms with Gasteiger partial charge in [0, 0.05) is 19.6 Å². The van der Waals surface area contributed by atoms with Crippen molar-refractivity contribution in [3.8, 4) is 0 Å². The van der Waals surface area contributed by atoms with Gasteiger partial charge in [0.05, 0.1) is 18.8 Å². The lowest BCUT2D eigenvalue weighted by Gasteiger charge is -2.33. The summed E-state index contributed by atoms with van der Waals surface area (Å²) in [6, 6.07) is 0. The Kier molecular flexibility index (Phi) is 2.02. The summed E-state index contributed by atoms with van der Waals surface area (Å²) in [7, 11) is 0. The number of rotatable bonds is 1. The zero-order valence-corrected chi connectivity index (χ0v) is 7.08. The third kappa shape index (κ3) is 1.32. The van der Waals surface area contributed by atoms with Crippen LogP contribution in [0, 0.1) is 0 Å². The molecule has 0 aromatic heterocycles. The van der Waals surface area contributed by atoms with Crippen LogP contribution in [0.3, 0.4) is 0 Å². The summed E-state index contributed by atoms with van der Waals surface area (Å²) in [6.45, 7) is 4.18. The van der Waals surface area contributed by atoms with Gasteiger partial charge in [-0.3, -0.25) is 4.79 Å². The van der Waals surface area contributed by atoms with Gasteiger partial charge in [0.2, 0.25) is 6.41 Å². The van der Waals surface area contributed by atoms with Crippen molar-refractivity contribution in [3.63, 3.8) is 0 Å². The number of carbonyl (C=O) groups excluding carboxylic acids is 1. The fraction of sp³-hybridized carbons (Fsp3) is 0.875. The molecule has 0 aromatic carbocycles. The monoisotopic (exact) mass is 170 g/mol. The first-order valence-electron chi connectivity index (χ1n) is 4.39. The average Bonchev–Trinajstić information content (AvgIpc) is 2.50. The van der Waals surface area contributed by atoms with Gasteiger partial charge in [-0.2, -0.15) is 0 Å². The van der Waals surface area contributed by atoms with E-state index in [4.69, 9.17) is 4.74 Å². The predicted octanol–water partition coefficient (Wildman–Crippen LogP) is -0.793. The van der Waals surface area contributed by atoms with Crippen LogP contribution < -0.4 is 5.32 Å². The van der Waals surface area contributed by atoms with E-state index in [9.17, 15) is 4.79 Å². The van der Waals surface area contributed by atoms with E-state index < -0.39 is 0 Å². The highest BCUT2D eigenvalue weighted by molar-refractivity contribution is 5.48. The normalized spacial score (nSPS) is 35.8. The minimum atomic E-state index is -0.0703. The van der Waals surface area contributed by atoms with Gasteiger partial charge in [0.25, 0.3) is 0 Å². The van der Waals surface area contributed by atoms with Crippen LogP contribution >= 0.6 is 0 Å². The zero-order chi connectivity index (χ0) is 8.44. The predicted molar refractivity (Wildman–Crippen MR) is 43.8 cm³/mol. The first-order chi connectivity index (χ1) is 5.85. The minimum absolute atomic E-state index is 0.0703. The van der Waals surface area contributed by atoms with Gasteiger partial charge >= 0.3 is 0 Å². The van der Waals surface area contributed by atoms with Crippen LogP contribution in [0.2, 0.25) is 0 Å². The Morgan fingerprint density at radius 3 is 3.08 bits per heavy atom. The second-order valence-corrected chi connectivity index (χ2v) is 3.53. The van der Waals surface area contributed by atoms with Crippen LogP contribution in [-0.2, 0) is 9.53 Å². The maximum absolute atomic E-state index is 10.5. The molecule has 1 spiro atoms. The lowest BCUT2D eigenvalue weighted by atomic mass is 10.0. The maximum atomic E-state index is 10.5.